The first-order valence-electron chi connectivity index (χ1n) is 6.43. The van der Waals surface area contributed by atoms with Crippen LogP contribution < -0.4 is 10.6 Å². The zero-order valence-corrected chi connectivity index (χ0v) is 12.3. The quantitative estimate of drug-likeness (QED) is 0.702. The van der Waals surface area contributed by atoms with E-state index >= 15 is 0 Å². The van der Waals surface area contributed by atoms with Crippen LogP contribution in [0.4, 0.5) is 10.5 Å². The molecule has 0 radical (unpaired) electrons. The van der Waals surface area contributed by atoms with E-state index in [0.717, 1.165) is 11.6 Å². The van der Waals surface area contributed by atoms with Crippen LogP contribution in [0.5, 0.6) is 0 Å². The van der Waals surface area contributed by atoms with E-state index in [1.165, 1.54) is 6.08 Å². The number of carbonyl (C=O) groups is 2. The summed E-state index contributed by atoms with van der Waals surface area (Å²) in [7, 11) is 1.59. The molecule has 1 aromatic rings. The number of carbonyl (C=O) groups excluding carboxylic acids is 1. The summed E-state index contributed by atoms with van der Waals surface area (Å²) >= 11 is 0. The van der Waals surface area contributed by atoms with E-state index in [1.54, 1.807) is 31.4 Å². The Morgan fingerprint density at radius 2 is 1.90 bits per heavy atom. The van der Waals surface area contributed by atoms with Crippen molar-refractivity contribution in [3.05, 3.63) is 35.9 Å². The van der Waals surface area contributed by atoms with Crippen LogP contribution in [0, 0.1) is 0 Å². The number of ether oxygens (including phenoxy) is 1. The van der Waals surface area contributed by atoms with Crippen molar-refractivity contribution in [1.82, 2.24) is 5.32 Å². The Hall–Kier alpha value is -2.34. The molecule has 0 aliphatic rings. The van der Waals surface area contributed by atoms with Gasteiger partial charge < -0.3 is 20.5 Å². The van der Waals surface area contributed by atoms with Gasteiger partial charge in [-0.1, -0.05) is 12.1 Å². The molecule has 114 valence electrons. The lowest BCUT2D eigenvalue weighted by atomic mass is 10.1. The van der Waals surface area contributed by atoms with Crippen molar-refractivity contribution in [3.8, 4) is 0 Å². The highest BCUT2D eigenvalue weighted by Crippen LogP contribution is 2.11. The number of rotatable bonds is 6. The lowest BCUT2D eigenvalue weighted by Crippen LogP contribution is -2.41. The zero-order chi connectivity index (χ0) is 15.9. The summed E-state index contributed by atoms with van der Waals surface area (Å²) < 4.78 is 5.20. The summed E-state index contributed by atoms with van der Waals surface area (Å²) in [5, 5.41) is 13.9. The van der Waals surface area contributed by atoms with Gasteiger partial charge in [0.2, 0.25) is 0 Å². The number of hydrogen-bond acceptors (Lipinski definition) is 3. The molecule has 0 saturated carbocycles. The summed E-state index contributed by atoms with van der Waals surface area (Å²) in [6.07, 6.45) is 2.54. The number of benzene rings is 1. The summed E-state index contributed by atoms with van der Waals surface area (Å²) in [6.45, 7) is 4.13. The molecule has 6 nitrogen and oxygen atoms in total. The average Bonchev–Trinajstić information content (AvgIpc) is 2.44. The minimum absolute atomic E-state index is 0.325. The molecule has 0 spiro atoms. The predicted octanol–water partition coefficient (Wildman–Crippen LogP) is 2.33. The van der Waals surface area contributed by atoms with E-state index in [1.807, 2.05) is 13.8 Å². The summed E-state index contributed by atoms with van der Waals surface area (Å²) in [6, 6.07) is 6.50. The smallest absolute Gasteiger partial charge is 0.328 e. The fourth-order valence-electron chi connectivity index (χ4n) is 1.39. The lowest BCUT2D eigenvalue weighted by Gasteiger charge is -2.23. The Labute approximate surface area is 123 Å². The molecule has 2 amide bonds. The predicted molar refractivity (Wildman–Crippen MR) is 81.2 cm³/mol. The van der Waals surface area contributed by atoms with Crippen LogP contribution in [-0.2, 0) is 9.53 Å². The molecule has 0 bridgehead atoms. The molecule has 21 heavy (non-hydrogen) atoms. The molecule has 1 rings (SSSR count). The van der Waals surface area contributed by atoms with Crippen LogP contribution in [-0.4, -0.2) is 36.4 Å². The van der Waals surface area contributed by atoms with Crippen LogP contribution >= 0.6 is 0 Å². The van der Waals surface area contributed by atoms with Gasteiger partial charge in [0, 0.05) is 25.4 Å². The number of anilines is 1. The van der Waals surface area contributed by atoms with Crippen molar-refractivity contribution >= 4 is 23.8 Å². The van der Waals surface area contributed by atoms with E-state index in [4.69, 9.17) is 9.84 Å². The van der Waals surface area contributed by atoms with Crippen molar-refractivity contribution in [1.29, 1.82) is 0 Å². The van der Waals surface area contributed by atoms with Crippen LogP contribution in [0.3, 0.4) is 0 Å². The van der Waals surface area contributed by atoms with Crippen LogP contribution in [0.25, 0.3) is 6.08 Å². The molecule has 0 saturated heterocycles. The van der Waals surface area contributed by atoms with E-state index in [2.05, 4.69) is 10.6 Å². The second-order valence-electron chi connectivity index (χ2n) is 5.07. The van der Waals surface area contributed by atoms with Gasteiger partial charge in [-0.3, -0.25) is 0 Å². The molecule has 0 unspecified atom stereocenters. The largest absolute Gasteiger partial charge is 0.478 e. The Morgan fingerprint density at radius 1 is 1.29 bits per heavy atom. The maximum atomic E-state index is 11.7. The Bertz CT molecular complexity index is 521. The first-order valence-corrected chi connectivity index (χ1v) is 6.43. The first kappa shape index (κ1) is 16.7. The molecular weight excluding hydrogens is 272 g/mol. The second kappa shape index (κ2) is 7.44. The molecule has 0 fully saturated rings. The van der Waals surface area contributed by atoms with Gasteiger partial charge in [-0.2, -0.15) is 0 Å². The number of carboxylic acids is 1. The number of urea groups is 1. The van der Waals surface area contributed by atoms with E-state index in [9.17, 15) is 9.59 Å². The van der Waals surface area contributed by atoms with Gasteiger partial charge in [-0.15, -0.1) is 0 Å². The minimum Gasteiger partial charge on any atom is -0.478 e. The highest BCUT2D eigenvalue weighted by atomic mass is 16.5. The maximum absolute atomic E-state index is 11.7. The third-order valence-corrected chi connectivity index (χ3v) is 2.81. The number of aliphatic carboxylic acids is 1. The summed E-state index contributed by atoms with van der Waals surface area (Å²) in [5.41, 5.74) is 0.932. The monoisotopic (exact) mass is 292 g/mol. The fraction of sp³-hybridized carbons (Fsp3) is 0.333. The second-order valence-corrected chi connectivity index (χ2v) is 5.07. The van der Waals surface area contributed by atoms with Gasteiger partial charge in [-0.05, 0) is 37.6 Å². The lowest BCUT2D eigenvalue weighted by molar-refractivity contribution is -0.131. The Morgan fingerprint density at radius 3 is 2.43 bits per heavy atom. The fourth-order valence-corrected chi connectivity index (χ4v) is 1.39. The van der Waals surface area contributed by atoms with Gasteiger partial charge in [0.1, 0.15) is 0 Å². The number of carboxylic acid groups (broad SMARTS) is 1. The minimum atomic E-state index is -1.00. The number of hydrogen-bond donors (Lipinski definition) is 3. The van der Waals surface area contributed by atoms with E-state index in [-0.39, 0.29) is 6.03 Å². The molecule has 0 aromatic heterocycles. The summed E-state index contributed by atoms with van der Waals surface area (Å²) in [4.78, 5) is 22.1. The van der Waals surface area contributed by atoms with Crippen LogP contribution in [0.2, 0.25) is 0 Å². The zero-order valence-electron chi connectivity index (χ0n) is 12.3. The van der Waals surface area contributed by atoms with Crippen LogP contribution in [0.1, 0.15) is 19.4 Å². The van der Waals surface area contributed by atoms with Crippen molar-refractivity contribution in [2.45, 2.75) is 19.4 Å². The third kappa shape index (κ3) is 6.58. The van der Waals surface area contributed by atoms with Gasteiger partial charge in [0.15, 0.2) is 0 Å². The molecule has 3 N–H and O–H groups in total. The van der Waals surface area contributed by atoms with Crippen molar-refractivity contribution < 1.29 is 19.4 Å². The van der Waals surface area contributed by atoms with E-state index in [0.29, 0.717) is 12.2 Å². The van der Waals surface area contributed by atoms with Crippen molar-refractivity contribution in [3.63, 3.8) is 0 Å². The van der Waals surface area contributed by atoms with Crippen molar-refractivity contribution in [2.24, 2.45) is 0 Å². The number of methoxy groups -OCH3 is 1. The van der Waals surface area contributed by atoms with E-state index < -0.39 is 11.6 Å². The number of amides is 2. The molecule has 0 aliphatic heterocycles. The van der Waals surface area contributed by atoms with Gasteiger partial charge in [-0.25, -0.2) is 9.59 Å². The Balaban J connectivity index is 2.52. The highest BCUT2D eigenvalue weighted by Gasteiger charge is 2.17. The van der Waals surface area contributed by atoms with Gasteiger partial charge in [0.05, 0.1) is 5.60 Å². The molecule has 1 aromatic carbocycles. The standard InChI is InChI=1S/C15H20N2O4/c1-15(2,21-3)10-16-14(20)17-12-7-4-11(5-8-12)6-9-13(18)19/h4-9H,10H2,1-3H3,(H,18,19)(H2,16,17,20)/b9-6+. The molecule has 0 heterocycles. The SMILES string of the molecule is COC(C)(C)CNC(=O)Nc1ccc(/C=C/C(=O)O)cc1. The average molecular weight is 292 g/mol. The van der Waals surface area contributed by atoms with Crippen molar-refractivity contribution in [2.75, 3.05) is 19.0 Å². The number of nitrogens with one attached hydrogen (secondary N) is 2. The van der Waals surface area contributed by atoms with Gasteiger partial charge in [0.25, 0.3) is 0 Å². The first-order chi connectivity index (χ1) is 9.82. The molecule has 6 heteroatoms. The summed E-state index contributed by atoms with van der Waals surface area (Å²) in [5.74, 6) is -1.00. The molecule has 0 aliphatic carbocycles. The Kier molecular flexibility index (Phi) is 5.92. The molecular formula is C15H20N2O4. The maximum Gasteiger partial charge on any atom is 0.328 e. The highest BCUT2D eigenvalue weighted by molar-refractivity contribution is 5.89. The third-order valence-electron chi connectivity index (χ3n) is 2.81. The van der Waals surface area contributed by atoms with Crippen LogP contribution in [0.15, 0.2) is 30.3 Å². The normalized spacial score (nSPS) is 11.4. The molecule has 0 atom stereocenters. The van der Waals surface area contributed by atoms with Gasteiger partial charge >= 0.3 is 12.0 Å². The topological polar surface area (TPSA) is 87.7 Å².